The van der Waals surface area contributed by atoms with E-state index in [1.54, 1.807) is 17.5 Å². The molecule has 0 aromatic carbocycles. The molecule has 0 spiro atoms. The highest BCUT2D eigenvalue weighted by atomic mass is 32.1. The van der Waals surface area contributed by atoms with Gasteiger partial charge in [0.1, 0.15) is 5.82 Å². The van der Waals surface area contributed by atoms with Gasteiger partial charge < -0.3 is 10.0 Å². The van der Waals surface area contributed by atoms with Crippen molar-refractivity contribution in [3.63, 3.8) is 0 Å². The molecule has 0 saturated heterocycles. The second-order valence-corrected chi connectivity index (χ2v) is 4.75. The van der Waals surface area contributed by atoms with Crippen LogP contribution in [0.15, 0.2) is 29.8 Å². The molecule has 2 heterocycles. The summed E-state index contributed by atoms with van der Waals surface area (Å²) in [6, 6.07) is 6.04. The number of rotatable bonds is 3. The molecule has 84 valence electrons. The highest BCUT2D eigenvalue weighted by molar-refractivity contribution is 7.10. The molecular weight excluding hydrogens is 220 g/mol. The van der Waals surface area contributed by atoms with Gasteiger partial charge in [0.2, 0.25) is 0 Å². The van der Waals surface area contributed by atoms with Crippen LogP contribution < -0.4 is 4.90 Å². The molecule has 2 aromatic rings. The van der Waals surface area contributed by atoms with E-state index in [9.17, 15) is 0 Å². The van der Waals surface area contributed by atoms with E-state index in [4.69, 9.17) is 5.11 Å². The van der Waals surface area contributed by atoms with Crippen molar-refractivity contribution < 1.29 is 5.11 Å². The number of pyridine rings is 1. The van der Waals surface area contributed by atoms with Crippen molar-refractivity contribution in [3.8, 4) is 11.1 Å². The lowest BCUT2D eigenvalue weighted by molar-refractivity contribution is 0.285. The van der Waals surface area contributed by atoms with Crippen LogP contribution >= 0.6 is 11.3 Å². The van der Waals surface area contributed by atoms with Gasteiger partial charge >= 0.3 is 0 Å². The molecule has 2 aromatic heterocycles. The van der Waals surface area contributed by atoms with Crippen LogP contribution in [0.2, 0.25) is 0 Å². The van der Waals surface area contributed by atoms with Gasteiger partial charge in [-0.1, -0.05) is 0 Å². The predicted molar refractivity (Wildman–Crippen MR) is 67.8 cm³/mol. The fraction of sp³-hybridized carbons (Fsp3) is 0.250. The predicted octanol–water partition coefficient (Wildman–Crippen LogP) is 2.37. The first-order chi connectivity index (χ1) is 7.70. The summed E-state index contributed by atoms with van der Waals surface area (Å²) in [4.78, 5) is 7.23. The molecule has 2 rings (SSSR count). The Kier molecular flexibility index (Phi) is 3.22. The number of aromatic nitrogens is 1. The van der Waals surface area contributed by atoms with Crippen molar-refractivity contribution in [2.24, 2.45) is 0 Å². The van der Waals surface area contributed by atoms with Crippen molar-refractivity contribution in [1.82, 2.24) is 4.98 Å². The van der Waals surface area contributed by atoms with Gasteiger partial charge in [-0.05, 0) is 34.7 Å². The summed E-state index contributed by atoms with van der Waals surface area (Å²) in [5, 5.41) is 11.1. The topological polar surface area (TPSA) is 36.4 Å². The Morgan fingerprint density at radius 2 is 2.12 bits per heavy atom. The maximum atomic E-state index is 9.03. The van der Waals surface area contributed by atoms with Crippen molar-refractivity contribution >= 4 is 17.2 Å². The third kappa shape index (κ3) is 2.23. The SMILES string of the molecule is CN(C)c1cc(-c2csc(CO)c2)ccn1. The summed E-state index contributed by atoms with van der Waals surface area (Å²) in [5.74, 6) is 0.939. The highest BCUT2D eigenvalue weighted by Crippen LogP contribution is 2.27. The Morgan fingerprint density at radius 1 is 1.31 bits per heavy atom. The van der Waals surface area contributed by atoms with Crippen LogP contribution in [0.1, 0.15) is 4.88 Å². The first-order valence-corrected chi connectivity index (χ1v) is 5.90. The van der Waals surface area contributed by atoms with E-state index < -0.39 is 0 Å². The minimum atomic E-state index is 0.107. The first-order valence-electron chi connectivity index (χ1n) is 5.02. The lowest BCUT2D eigenvalue weighted by atomic mass is 10.1. The van der Waals surface area contributed by atoms with Crippen LogP contribution in [0.4, 0.5) is 5.82 Å². The van der Waals surface area contributed by atoms with Crippen LogP contribution in [-0.4, -0.2) is 24.2 Å². The zero-order chi connectivity index (χ0) is 11.5. The summed E-state index contributed by atoms with van der Waals surface area (Å²) >= 11 is 1.57. The summed E-state index contributed by atoms with van der Waals surface area (Å²) in [6.07, 6.45) is 1.81. The minimum Gasteiger partial charge on any atom is -0.391 e. The first kappa shape index (κ1) is 11.1. The second-order valence-electron chi connectivity index (χ2n) is 3.76. The Hall–Kier alpha value is -1.39. The molecule has 0 aliphatic rings. The summed E-state index contributed by atoms with van der Waals surface area (Å²) in [5.41, 5.74) is 2.27. The standard InChI is InChI=1S/C12H14N2OS/c1-14(2)12-6-9(3-4-13-12)10-5-11(7-15)16-8-10/h3-6,8,15H,7H2,1-2H3. The average Bonchev–Trinajstić information content (AvgIpc) is 2.77. The average molecular weight is 234 g/mol. The molecular formula is C12H14N2OS. The minimum absolute atomic E-state index is 0.107. The number of hydrogen-bond donors (Lipinski definition) is 1. The fourth-order valence-electron chi connectivity index (χ4n) is 1.46. The van der Waals surface area contributed by atoms with E-state index in [0.29, 0.717) is 0 Å². The molecule has 0 aliphatic heterocycles. The molecule has 0 bridgehead atoms. The van der Waals surface area contributed by atoms with E-state index in [1.807, 2.05) is 37.2 Å². The van der Waals surface area contributed by atoms with Crippen molar-refractivity contribution in [1.29, 1.82) is 0 Å². The van der Waals surface area contributed by atoms with Gasteiger partial charge in [0, 0.05) is 25.2 Å². The van der Waals surface area contributed by atoms with Gasteiger partial charge in [-0.15, -0.1) is 11.3 Å². The monoisotopic (exact) mass is 234 g/mol. The van der Waals surface area contributed by atoms with E-state index in [2.05, 4.69) is 10.4 Å². The van der Waals surface area contributed by atoms with E-state index in [-0.39, 0.29) is 6.61 Å². The van der Waals surface area contributed by atoms with Crippen molar-refractivity contribution in [3.05, 3.63) is 34.7 Å². The molecule has 0 atom stereocenters. The summed E-state index contributed by atoms with van der Waals surface area (Å²) in [6.45, 7) is 0.107. The molecule has 0 amide bonds. The molecule has 16 heavy (non-hydrogen) atoms. The lowest BCUT2D eigenvalue weighted by Crippen LogP contribution is -2.10. The van der Waals surface area contributed by atoms with Crippen LogP contribution in [0, 0.1) is 0 Å². The van der Waals surface area contributed by atoms with Gasteiger partial charge in [0.15, 0.2) is 0 Å². The largest absolute Gasteiger partial charge is 0.391 e. The number of nitrogens with zero attached hydrogens (tertiary/aromatic N) is 2. The Morgan fingerprint density at radius 3 is 2.75 bits per heavy atom. The highest BCUT2D eigenvalue weighted by Gasteiger charge is 2.04. The lowest BCUT2D eigenvalue weighted by Gasteiger charge is -2.11. The number of aliphatic hydroxyl groups excluding tert-OH is 1. The fourth-order valence-corrected chi connectivity index (χ4v) is 2.21. The number of thiophene rings is 1. The van der Waals surface area contributed by atoms with Crippen molar-refractivity contribution in [2.45, 2.75) is 6.61 Å². The second kappa shape index (κ2) is 4.63. The van der Waals surface area contributed by atoms with E-state index in [0.717, 1.165) is 21.8 Å². The van der Waals surface area contributed by atoms with Gasteiger partial charge in [-0.2, -0.15) is 0 Å². The molecule has 3 nitrogen and oxygen atoms in total. The molecule has 0 unspecified atom stereocenters. The molecule has 0 fully saturated rings. The van der Waals surface area contributed by atoms with Crippen LogP contribution in [0.5, 0.6) is 0 Å². The number of anilines is 1. The molecule has 1 N–H and O–H groups in total. The van der Waals surface area contributed by atoms with Gasteiger partial charge in [0.05, 0.1) is 6.61 Å². The summed E-state index contributed by atoms with van der Waals surface area (Å²) in [7, 11) is 3.94. The van der Waals surface area contributed by atoms with Crippen molar-refractivity contribution in [2.75, 3.05) is 19.0 Å². The zero-order valence-electron chi connectivity index (χ0n) is 9.34. The van der Waals surface area contributed by atoms with E-state index in [1.165, 1.54) is 0 Å². The molecule has 0 aliphatic carbocycles. The Bertz CT molecular complexity index is 479. The molecule has 0 radical (unpaired) electrons. The molecule has 0 saturated carbocycles. The smallest absolute Gasteiger partial charge is 0.128 e. The summed E-state index contributed by atoms with van der Waals surface area (Å²) < 4.78 is 0. The third-order valence-electron chi connectivity index (χ3n) is 2.35. The Labute approximate surface area is 99.0 Å². The van der Waals surface area contributed by atoms with Crippen LogP contribution in [0.25, 0.3) is 11.1 Å². The normalized spacial score (nSPS) is 10.4. The third-order valence-corrected chi connectivity index (χ3v) is 3.27. The quantitative estimate of drug-likeness (QED) is 0.885. The maximum absolute atomic E-state index is 9.03. The maximum Gasteiger partial charge on any atom is 0.128 e. The molecule has 4 heteroatoms. The van der Waals surface area contributed by atoms with E-state index >= 15 is 0 Å². The number of aliphatic hydroxyl groups is 1. The van der Waals surface area contributed by atoms with Crippen LogP contribution in [-0.2, 0) is 6.61 Å². The Balaban J connectivity index is 2.36. The van der Waals surface area contributed by atoms with Gasteiger partial charge in [-0.25, -0.2) is 4.98 Å². The van der Waals surface area contributed by atoms with Crippen LogP contribution in [0.3, 0.4) is 0 Å². The van der Waals surface area contributed by atoms with Gasteiger partial charge in [0.25, 0.3) is 0 Å². The number of hydrogen-bond acceptors (Lipinski definition) is 4. The van der Waals surface area contributed by atoms with Gasteiger partial charge in [-0.3, -0.25) is 0 Å². The zero-order valence-corrected chi connectivity index (χ0v) is 10.2.